The molecule has 0 bridgehead atoms. The molecular weight excluding hydrogens is 306 g/mol. The van der Waals surface area contributed by atoms with Crippen molar-refractivity contribution in [2.24, 2.45) is 0 Å². The number of methoxy groups -OCH3 is 1. The summed E-state index contributed by atoms with van der Waals surface area (Å²) in [7, 11) is 1.60. The highest BCUT2D eigenvalue weighted by molar-refractivity contribution is 5.92. The summed E-state index contributed by atoms with van der Waals surface area (Å²) >= 11 is 0. The summed E-state index contributed by atoms with van der Waals surface area (Å²) in [6, 6.07) is 9.30. The van der Waals surface area contributed by atoms with Gasteiger partial charge in [-0.1, -0.05) is 39.0 Å². The fraction of sp³-hybridized carbons (Fsp3) is 0.444. The molecule has 0 unspecified atom stereocenters. The van der Waals surface area contributed by atoms with Crippen LogP contribution < -0.4 is 4.74 Å². The number of ether oxygens (including phenoxy) is 1. The van der Waals surface area contributed by atoms with Crippen molar-refractivity contribution in [3.8, 4) is 5.75 Å². The van der Waals surface area contributed by atoms with Gasteiger partial charge in [-0.3, -0.25) is 9.89 Å². The number of carbonyl (C=O) groups excluding carboxylic acids is 1. The Balaban J connectivity index is 2.23. The van der Waals surface area contributed by atoms with Gasteiger partial charge in [0.1, 0.15) is 11.4 Å². The molecule has 0 aliphatic heterocycles. The van der Waals surface area contributed by atoms with Crippen LogP contribution in [-0.4, -0.2) is 46.4 Å². The molecule has 1 aromatic carbocycles. The number of rotatable bonds is 6. The minimum Gasteiger partial charge on any atom is -0.496 e. The Bertz CT molecular complexity index is 689. The first-order valence-corrected chi connectivity index (χ1v) is 7.94. The van der Waals surface area contributed by atoms with Crippen LogP contribution in [0.25, 0.3) is 0 Å². The molecule has 0 saturated carbocycles. The van der Waals surface area contributed by atoms with E-state index in [0.29, 0.717) is 18.0 Å². The van der Waals surface area contributed by atoms with Gasteiger partial charge in [-0.25, -0.2) is 0 Å². The number of hydrogen-bond donors (Lipinski definition) is 2. The Kier molecular flexibility index (Phi) is 5.62. The molecular formula is C18H25N3O3. The lowest BCUT2D eigenvalue weighted by atomic mass is 9.92. The monoisotopic (exact) mass is 331 g/mol. The first-order chi connectivity index (χ1) is 11.4. The van der Waals surface area contributed by atoms with E-state index in [4.69, 9.17) is 4.74 Å². The number of H-pyrrole nitrogens is 1. The van der Waals surface area contributed by atoms with E-state index in [1.165, 1.54) is 0 Å². The first-order valence-electron chi connectivity index (χ1n) is 7.94. The van der Waals surface area contributed by atoms with Crippen LogP contribution >= 0.6 is 0 Å². The molecule has 6 nitrogen and oxygen atoms in total. The number of para-hydroxylation sites is 1. The number of aromatic nitrogens is 2. The number of carbonyl (C=O) groups is 1. The van der Waals surface area contributed by atoms with Gasteiger partial charge in [0.15, 0.2) is 0 Å². The van der Waals surface area contributed by atoms with Gasteiger partial charge < -0.3 is 14.7 Å². The second-order valence-corrected chi connectivity index (χ2v) is 6.68. The van der Waals surface area contributed by atoms with Gasteiger partial charge in [0.25, 0.3) is 5.91 Å². The summed E-state index contributed by atoms with van der Waals surface area (Å²) in [5.41, 5.74) is 2.01. The van der Waals surface area contributed by atoms with Crippen LogP contribution in [0.1, 0.15) is 42.5 Å². The lowest BCUT2D eigenvalue weighted by molar-refractivity contribution is 0.0700. The molecule has 0 spiro atoms. The van der Waals surface area contributed by atoms with Crippen LogP contribution in [0.4, 0.5) is 0 Å². The largest absolute Gasteiger partial charge is 0.496 e. The van der Waals surface area contributed by atoms with Crippen molar-refractivity contribution in [2.75, 3.05) is 20.3 Å². The standard InChI is InChI=1S/C18H25N3O3/c1-18(2,3)16-11-14(19-20-16)17(23)21(9-10-22)12-13-7-5-6-8-15(13)24-4/h5-8,11,22H,9-10,12H2,1-4H3,(H,19,20). The molecule has 2 rings (SSSR count). The third kappa shape index (κ3) is 4.14. The Morgan fingerprint density at radius 3 is 2.62 bits per heavy atom. The Labute approximate surface area is 142 Å². The fourth-order valence-corrected chi connectivity index (χ4v) is 2.39. The van der Waals surface area contributed by atoms with E-state index < -0.39 is 0 Å². The molecule has 1 amide bonds. The zero-order chi connectivity index (χ0) is 17.7. The van der Waals surface area contributed by atoms with Gasteiger partial charge in [0, 0.05) is 29.8 Å². The summed E-state index contributed by atoms with van der Waals surface area (Å²) < 4.78 is 5.34. The van der Waals surface area contributed by atoms with E-state index in [1.54, 1.807) is 18.1 Å². The maximum Gasteiger partial charge on any atom is 0.274 e. The van der Waals surface area contributed by atoms with E-state index in [9.17, 15) is 9.90 Å². The smallest absolute Gasteiger partial charge is 0.274 e. The summed E-state index contributed by atoms with van der Waals surface area (Å²) in [5.74, 6) is 0.493. The molecule has 0 atom stereocenters. The lowest BCUT2D eigenvalue weighted by Crippen LogP contribution is -2.33. The third-order valence-electron chi connectivity index (χ3n) is 3.82. The van der Waals surface area contributed by atoms with E-state index in [0.717, 1.165) is 11.3 Å². The van der Waals surface area contributed by atoms with Crippen molar-refractivity contribution in [1.29, 1.82) is 0 Å². The molecule has 0 radical (unpaired) electrons. The third-order valence-corrected chi connectivity index (χ3v) is 3.82. The highest BCUT2D eigenvalue weighted by atomic mass is 16.5. The highest BCUT2D eigenvalue weighted by Crippen LogP contribution is 2.22. The summed E-state index contributed by atoms with van der Waals surface area (Å²) in [5, 5.41) is 16.4. The summed E-state index contributed by atoms with van der Waals surface area (Å²) in [6.45, 7) is 6.62. The zero-order valence-electron chi connectivity index (χ0n) is 14.7. The maximum atomic E-state index is 12.8. The number of nitrogens with zero attached hydrogens (tertiary/aromatic N) is 2. The topological polar surface area (TPSA) is 78.5 Å². The van der Waals surface area contributed by atoms with Crippen molar-refractivity contribution in [1.82, 2.24) is 15.1 Å². The lowest BCUT2D eigenvalue weighted by Gasteiger charge is -2.22. The molecule has 0 aliphatic rings. The first kappa shape index (κ1) is 18.0. The quantitative estimate of drug-likeness (QED) is 0.852. The van der Waals surface area contributed by atoms with Gasteiger partial charge >= 0.3 is 0 Å². The average molecular weight is 331 g/mol. The number of benzene rings is 1. The van der Waals surface area contributed by atoms with E-state index in [2.05, 4.69) is 31.0 Å². The van der Waals surface area contributed by atoms with Crippen LogP contribution in [0.5, 0.6) is 5.75 Å². The van der Waals surface area contributed by atoms with Crippen molar-refractivity contribution >= 4 is 5.91 Å². The molecule has 1 heterocycles. The van der Waals surface area contributed by atoms with Crippen LogP contribution in [0.15, 0.2) is 30.3 Å². The van der Waals surface area contributed by atoms with Gasteiger partial charge in [-0.2, -0.15) is 5.10 Å². The minimum atomic E-state index is -0.221. The average Bonchev–Trinajstić information content (AvgIpc) is 3.04. The maximum absolute atomic E-state index is 12.8. The zero-order valence-corrected chi connectivity index (χ0v) is 14.7. The molecule has 130 valence electrons. The van der Waals surface area contributed by atoms with Crippen molar-refractivity contribution < 1.29 is 14.6 Å². The van der Waals surface area contributed by atoms with E-state index >= 15 is 0 Å². The fourth-order valence-electron chi connectivity index (χ4n) is 2.39. The van der Waals surface area contributed by atoms with E-state index in [-0.39, 0.29) is 24.5 Å². The molecule has 0 fully saturated rings. The van der Waals surface area contributed by atoms with E-state index in [1.807, 2.05) is 24.3 Å². The summed E-state index contributed by atoms with van der Waals surface area (Å²) in [4.78, 5) is 14.3. The number of nitrogens with one attached hydrogen (secondary N) is 1. The second kappa shape index (κ2) is 7.49. The molecule has 2 N–H and O–H groups in total. The second-order valence-electron chi connectivity index (χ2n) is 6.68. The van der Waals surface area contributed by atoms with Crippen LogP contribution in [0.3, 0.4) is 0 Å². The highest BCUT2D eigenvalue weighted by Gasteiger charge is 2.23. The Morgan fingerprint density at radius 2 is 2.04 bits per heavy atom. The normalized spacial score (nSPS) is 11.4. The predicted octanol–water partition coefficient (Wildman–Crippen LogP) is 2.35. The molecule has 0 aliphatic carbocycles. The Morgan fingerprint density at radius 1 is 1.33 bits per heavy atom. The number of amides is 1. The van der Waals surface area contributed by atoms with Gasteiger partial charge in [0.05, 0.1) is 13.7 Å². The van der Waals surface area contributed by atoms with Gasteiger partial charge in [-0.05, 0) is 12.1 Å². The Hall–Kier alpha value is -2.34. The van der Waals surface area contributed by atoms with Crippen LogP contribution in [0.2, 0.25) is 0 Å². The predicted molar refractivity (Wildman–Crippen MR) is 92.1 cm³/mol. The van der Waals surface area contributed by atoms with Crippen molar-refractivity contribution in [3.05, 3.63) is 47.3 Å². The van der Waals surface area contributed by atoms with Gasteiger partial charge in [-0.15, -0.1) is 0 Å². The number of aliphatic hydroxyl groups is 1. The van der Waals surface area contributed by atoms with Crippen molar-refractivity contribution in [3.63, 3.8) is 0 Å². The number of aromatic amines is 1. The SMILES string of the molecule is COc1ccccc1CN(CCO)C(=O)c1cc(C(C)(C)C)[nH]n1. The number of aliphatic hydroxyl groups excluding tert-OH is 1. The number of hydrogen-bond acceptors (Lipinski definition) is 4. The van der Waals surface area contributed by atoms with Crippen LogP contribution in [0, 0.1) is 0 Å². The van der Waals surface area contributed by atoms with Gasteiger partial charge in [0.2, 0.25) is 0 Å². The summed E-state index contributed by atoms with van der Waals surface area (Å²) in [6.07, 6.45) is 0. The molecule has 0 saturated heterocycles. The van der Waals surface area contributed by atoms with Crippen molar-refractivity contribution in [2.45, 2.75) is 32.7 Å². The van der Waals surface area contributed by atoms with Crippen LogP contribution in [-0.2, 0) is 12.0 Å². The molecule has 6 heteroatoms. The molecule has 24 heavy (non-hydrogen) atoms. The minimum absolute atomic E-state index is 0.114. The molecule has 2 aromatic rings. The molecule has 1 aromatic heterocycles.